The molecule has 0 amide bonds. The van der Waals surface area contributed by atoms with Gasteiger partial charge in [0, 0.05) is 11.0 Å². The van der Waals surface area contributed by atoms with Crippen molar-refractivity contribution in [3.8, 4) is 0 Å². The molecule has 3 aliphatic heterocycles. The lowest BCUT2D eigenvalue weighted by atomic mass is 9.45. The lowest BCUT2D eigenvalue weighted by Crippen LogP contribution is -2.64. The first-order valence-corrected chi connectivity index (χ1v) is 10.3. The van der Waals surface area contributed by atoms with Gasteiger partial charge in [-0.05, 0) is 54.4 Å². The highest BCUT2D eigenvalue weighted by atomic mass is 16.7. The van der Waals surface area contributed by atoms with Gasteiger partial charge in [0.15, 0.2) is 0 Å². The molecule has 7 aliphatic rings. The third-order valence-electron chi connectivity index (χ3n) is 9.84. The zero-order valence-corrected chi connectivity index (χ0v) is 15.6. The first-order valence-electron chi connectivity index (χ1n) is 10.3. The Morgan fingerprint density at radius 1 is 1.27 bits per heavy atom. The Labute approximate surface area is 153 Å². The average Bonchev–Trinajstić information content (AvgIpc) is 3.47. The van der Waals surface area contributed by atoms with E-state index in [4.69, 9.17) is 14.2 Å². The zero-order chi connectivity index (χ0) is 17.9. The number of carbonyl (C=O) groups is 1. The van der Waals surface area contributed by atoms with Crippen molar-refractivity contribution in [3.05, 3.63) is 11.1 Å². The number of cyclic esters (lactones) is 1. The maximum Gasteiger partial charge on any atom is 0.334 e. The van der Waals surface area contributed by atoms with Gasteiger partial charge in [0.2, 0.25) is 0 Å². The van der Waals surface area contributed by atoms with Crippen molar-refractivity contribution in [2.24, 2.45) is 28.6 Å². The van der Waals surface area contributed by atoms with Crippen molar-refractivity contribution < 1.29 is 24.1 Å². The predicted octanol–water partition coefficient (Wildman–Crippen LogP) is 1.97. The van der Waals surface area contributed by atoms with Crippen LogP contribution in [0.2, 0.25) is 0 Å². The van der Waals surface area contributed by atoms with Gasteiger partial charge in [-0.2, -0.15) is 0 Å². The second-order valence-electron chi connectivity index (χ2n) is 10.4. The number of hydrogen-bond acceptors (Lipinski definition) is 5. The largest absolute Gasteiger partial charge is 0.458 e. The van der Waals surface area contributed by atoms with E-state index in [1.165, 1.54) is 5.57 Å². The van der Waals surface area contributed by atoms with Crippen LogP contribution >= 0.6 is 0 Å². The summed E-state index contributed by atoms with van der Waals surface area (Å²) in [5.41, 5.74) is 1.43. The molecule has 5 nitrogen and oxygen atoms in total. The van der Waals surface area contributed by atoms with E-state index in [9.17, 15) is 9.90 Å². The summed E-state index contributed by atoms with van der Waals surface area (Å²) in [5.74, 6) is 1.04. The third-order valence-corrected chi connectivity index (χ3v) is 9.84. The zero-order valence-electron chi connectivity index (χ0n) is 15.6. The third kappa shape index (κ3) is 1.15. The maximum atomic E-state index is 12.1. The fourth-order valence-electron chi connectivity index (χ4n) is 8.54. The van der Waals surface area contributed by atoms with Gasteiger partial charge >= 0.3 is 5.97 Å². The van der Waals surface area contributed by atoms with Crippen molar-refractivity contribution in [2.75, 3.05) is 6.61 Å². The maximum absolute atomic E-state index is 12.1. The lowest BCUT2D eigenvalue weighted by molar-refractivity contribution is -0.136. The van der Waals surface area contributed by atoms with Crippen LogP contribution in [0.4, 0.5) is 0 Å². The molecule has 2 spiro atoms. The highest BCUT2D eigenvalue weighted by Crippen LogP contribution is 2.89. The molecule has 4 aliphatic carbocycles. The van der Waals surface area contributed by atoms with Gasteiger partial charge in [0.05, 0.1) is 12.2 Å². The number of ether oxygens (including phenoxy) is 3. The highest BCUT2D eigenvalue weighted by molar-refractivity contribution is 5.92. The molecule has 140 valence electrons. The molecule has 3 heterocycles. The van der Waals surface area contributed by atoms with E-state index in [0.717, 1.165) is 31.3 Å². The van der Waals surface area contributed by atoms with Crippen LogP contribution in [0.5, 0.6) is 0 Å². The van der Waals surface area contributed by atoms with Gasteiger partial charge in [-0.25, -0.2) is 4.79 Å². The molecule has 0 aromatic rings. The first-order chi connectivity index (χ1) is 12.3. The summed E-state index contributed by atoms with van der Waals surface area (Å²) in [6.07, 6.45) is 3.57. The Morgan fingerprint density at radius 2 is 2.08 bits per heavy atom. The highest BCUT2D eigenvalue weighted by Gasteiger charge is 2.98. The first kappa shape index (κ1) is 15.1. The van der Waals surface area contributed by atoms with Crippen molar-refractivity contribution >= 4 is 5.97 Å². The summed E-state index contributed by atoms with van der Waals surface area (Å²) in [6.45, 7) is 7.20. The minimum absolute atomic E-state index is 0.0106. The molecule has 5 fully saturated rings. The van der Waals surface area contributed by atoms with E-state index in [1.54, 1.807) is 0 Å². The number of rotatable bonds is 1. The van der Waals surface area contributed by atoms with E-state index < -0.39 is 17.3 Å². The van der Waals surface area contributed by atoms with Crippen LogP contribution in [0, 0.1) is 28.6 Å². The monoisotopic (exact) mass is 358 g/mol. The Kier molecular flexibility index (Phi) is 2.21. The van der Waals surface area contributed by atoms with E-state index >= 15 is 0 Å². The van der Waals surface area contributed by atoms with Crippen molar-refractivity contribution in [1.29, 1.82) is 0 Å². The minimum Gasteiger partial charge on any atom is -0.458 e. The van der Waals surface area contributed by atoms with Crippen molar-refractivity contribution in [2.45, 2.75) is 76.0 Å². The van der Waals surface area contributed by atoms with Crippen molar-refractivity contribution in [1.82, 2.24) is 0 Å². The van der Waals surface area contributed by atoms with Gasteiger partial charge in [-0.3, -0.25) is 0 Å². The van der Waals surface area contributed by atoms with Crippen LogP contribution in [-0.2, 0) is 19.0 Å². The predicted molar refractivity (Wildman–Crippen MR) is 90.0 cm³/mol. The van der Waals surface area contributed by atoms with Crippen LogP contribution < -0.4 is 0 Å². The van der Waals surface area contributed by atoms with Crippen LogP contribution in [0.15, 0.2) is 11.1 Å². The number of fused-ring (bicyclic) bond motifs is 4. The number of epoxide rings is 2. The second-order valence-corrected chi connectivity index (χ2v) is 10.4. The van der Waals surface area contributed by atoms with Crippen LogP contribution in [0.3, 0.4) is 0 Å². The number of carbonyl (C=O) groups excluding carboxylic acids is 1. The molecule has 26 heavy (non-hydrogen) atoms. The molecule has 0 bridgehead atoms. The molecule has 0 radical (unpaired) electrons. The van der Waals surface area contributed by atoms with Gasteiger partial charge in [0.1, 0.15) is 23.9 Å². The Hall–Kier alpha value is -0.910. The van der Waals surface area contributed by atoms with E-state index in [1.807, 2.05) is 0 Å². The smallest absolute Gasteiger partial charge is 0.334 e. The summed E-state index contributed by atoms with van der Waals surface area (Å²) >= 11 is 0. The summed E-state index contributed by atoms with van der Waals surface area (Å²) in [7, 11) is 0. The molecule has 1 N–H and O–H groups in total. The SMILES string of the molecule is CC(C)[C@]12O[C@H]1[C@@H]1C[C@]13[C@]1(O[C@H]1C[C@H]1C4=C(CC[C@@]13C)C(=O)OC4)[C@@H]2O. The summed E-state index contributed by atoms with van der Waals surface area (Å²) in [6, 6.07) is 0. The molecule has 5 heteroatoms. The molecule has 7 rings (SSSR count). The normalized spacial score (nSPS) is 63.1. The molecular formula is C21H26O5. The quantitative estimate of drug-likeness (QED) is 0.573. The second kappa shape index (κ2) is 3.81. The topological polar surface area (TPSA) is 71.6 Å². The molecular weight excluding hydrogens is 332 g/mol. The van der Waals surface area contributed by atoms with Crippen LogP contribution in [-0.4, -0.2) is 47.2 Å². The van der Waals surface area contributed by atoms with E-state index in [0.29, 0.717) is 24.4 Å². The fraction of sp³-hybridized carbons (Fsp3) is 0.857. The molecule has 9 atom stereocenters. The Bertz CT molecular complexity index is 817. The van der Waals surface area contributed by atoms with Gasteiger partial charge in [-0.1, -0.05) is 20.8 Å². The van der Waals surface area contributed by atoms with Gasteiger partial charge in [-0.15, -0.1) is 0 Å². The molecule has 0 aromatic carbocycles. The number of aliphatic hydroxyl groups excluding tert-OH is 1. The molecule has 0 aromatic heterocycles. The molecule has 0 unspecified atom stereocenters. The van der Waals surface area contributed by atoms with Crippen LogP contribution in [0.25, 0.3) is 0 Å². The number of aliphatic hydroxyl groups is 1. The number of esters is 1. The molecule has 2 saturated heterocycles. The summed E-state index contributed by atoms with van der Waals surface area (Å²) < 4.78 is 18.1. The lowest BCUT2D eigenvalue weighted by Gasteiger charge is -2.56. The minimum atomic E-state index is -0.529. The fourth-order valence-corrected chi connectivity index (χ4v) is 8.54. The number of hydrogen-bond donors (Lipinski definition) is 1. The van der Waals surface area contributed by atoms with Gasteiger partial charge < -0.3 is 19.3 Å². The summed E-state index contributed by atoms with van der Waals surface area (Å²) in [5, 5.41) is 11.5. The Morgan fingerprint density at radius 3 is 2.85 bits per heavy atom. The van der Waals surface area contributed by atoms with E-state index in [2.05, 4.69) is 20.8 Å². The molecule has 3 saturated carbocycles. The Balaban J connectivity index is 1.39. The van der Waals surface area contributed by atoms with Crippen LogP contribution in [0.1, 0.15) is 46.5 Å². The van der Waals surface area contributed by atoms with Crippen molar-refractivity contribution in [3.63, 3.8) is 0 Å². The van der Waals surface area contributed by atoms with Gasteiger partial charge in [0.25, 0.3) is 0 Å². The standard InChI is InChI=1S/C21H26O5/c1-9(2)20-15(26-20)13-7-19(13)18(3)5-4-10-11(8-24-16(10)22)12(18)6-14-21(19,25-14)17(20)23/h9,12-15,17,23H,4-8H2,1-3H3/t12-,13-,14-,15-,17+,18-,19-,20-,21+/m0/s1. The average molecular weight is 358 g/mol. The van der Waals surface area contributed by atoms with E-state index in [-0.39, 0.29) is 29.0 Å². The summed E-state index contributed by atoms with van der Waals surface area (Å²) in [4.78, 5) is 12.1.